The van der Waals surface area contributed by atoms with Crippen molar-refractivity contribution in [2.45, 2.75) is 26.4 Å². The average molecular weight is 527 g/mol. The van der Waals surface area contributed by atoms with Gasteiger partial charge in [-0.1, -0.05) is 47.0 Å². The highest BCUT2D eigenvalue weighted by molar-refractivity contribution is 6.47. The number of halogens is 2. The normalized spacial score (nSPS) is 16.9. The fraction of sp³-hybridized carbons (Fsp3) is 0.222. The van der Waals surface area contributed by atoms with Gasteiger partial charge in [-0.15, -0.1) is 0 Å². The first-order chi connectivity index (χ1) is 17.2. The summed E-state index contributed by atoms with van der Waals surface area (Å²) in [5.41, 5.74) is 3.47. The maximum absolute atomic E-state index is 13.4. The molecule has 2 aromatic carbocycles. The van der Waals surface area contributed by atoms with Crippen molar-refractivity contribution >= 4 is 40.7 Å². The van der Waals surface area contributed by atoms with Crippen LogP contribution < -0.4 is 9.47 Å². The monoisotopic (exact) mass is 526 g/mol. The molecule has 1 aromatic heterocycles. The van der Waals surface area contributed by atoms with Gasteiger partial charge in [0.2, 0.25) is 0 Å². The molecule has 1 fully saturated rings. The largest absolute Gasteiger partial charge is 0.507 e. The number of pyridine rings is 1. The lowest BCUT2D eigenvalue weighted by atomic mass is 9.95. The maximum Gasteiger partial charge on any atom is 0.295 e. The van der Waals surface area contributed by atoms with Gasteiger partial charge in [-0.3, -0.25) is 14.6 Å². The Morgan fingerprint density at radius 1 is 1.03 bits per heavy atom. The molecule has 1 aliphatic rings. The van der Waals surface area contributed by atoms with Crippen molar-refractivity contribution in [3.05, 3.63) is 92.2 Å². The van der Waals surface area contributed by atoms with E-state index in [9.17, 15) is 14.7 Å². The molecule has 0 saturated carbocycles. The topological polar surface area (TPSA) is 89.0 Å². The number of hydrogen-bond acceptors (Lipinski definition) is 6. The van der Waals surface area contributed by atoms with Crippen LogP contribution >= 0.6 is 23.2 Å². The van der Waals surface area contributed by atoms with Crippen molar-refractivity contribution in [1.29, 1.82) is 0 Å². The first-order valence-electron chi connectivity index (χ1n) is 11.0. The van der Waals surface area contributed by atoms with Crippen molar-refractivity contribution < 1.29 is 24.2 Å². The van der Waals surface area contributed by atoms with Crippen molar-refractivity contribution in [3.8, 4) is 11.5 Å². The number of nitrogens with zero attached hydrogens (tertiary/aromatic N) is 2. The number of hydrogen-bond donors (Lipinski definition) is 1. The molecule has 7 nitrogen and oxygen atoms in total. The number of likely N-dealkylation sites (tertiary alicyclic amines) is 1. The standard InChI is InChI=1S/C27H24Cl2N2O5/c1-14-5-6-15(2)17(11-14)13-31-22(16-7-9-30-10-8-16)20(24(33)27(31)34)23(32)18-12-19(28)26(36-4)21(29)25(18)35-3/h5-12,22,32H,13H2,1-4H3/b23-20+. The van der Waals surface area contributed by atoms with Gasteiger partial charge in [0.15, 0.2) is 11.5 Å². The molecule has 0 spiro atoms. The zero-order valence-electron chi connectivity index (χ0n) is 20.1. The number of aromatic nitrogens is 1. The molecule has 186 valence electrons. The second-order valence-electron chi connectivity index (χ2n) is 8.42. The third-order valence-electron chi connectivity index (χ3n) is 6.20. The number of aryl methyl sites for hydroxylation is 2. The van der Waals surface area contributed by atoms with Gasteiger partial charge in [-0.2, -0.15) is 0 Å². The summed E-state index contributed by atoms with van der Waals surface area (Å²) in [5.74, 6) is -1.80. The quantitative estimate of drug-likeness (QED) is 0.254. The maximum atomic E-state index is 13.4. The van der Waals surface area contributed by atoms with Gasteiger partial charge in [-0.05, 0) is 48.7 Å². The van der Waals surface area contributed by atoms with Crippen LogP contribution in [-0.2, 0) is 16.1 Å². The van der Waals surface area contributed by atoms with Crippen LogP contribution in [0.15, 0.2) is 54.4 Å². The molecule has 3 aromatic rings. The Kier molecular flexibility index (Phi) is 7.24. The number of Topliss-reactive ketones (excluding diaryl/α,β-unsaturated/α-hetero) is 1. The number of benzene rings is 2. The van der Waals surface area contributed by atoms with E-state index in [-0.39, 0.29) is 39.2 Å². The summed E-state index contributed by atoms with van der Waals surface area (Å²) in [5, 5.41) is 11.6. The smallest absolute Gasteiger partial charge is 0.295 e. The number of carbonyl (C=O) groups is 2. The van der Waals surface area contributed by atoms with E-state index in [4.69, 9.17) is 32.7 Å². The van der Waals surface area contributed by atoms with Crippen molar-refractivity contribution in [3.63, 3.8) is 0 Å². The number of ketones is 1. The predicted molar refractivity (Wildman–Crippen MR) is 138 cm³/mol. The number of rotatable bonds is 6. The second kappa shape index (κ2) is 10.2. The summed E-state index contributed by atoms with van der Waals surface area (Å²) in [6.45, 7) is 4.07. The molecule has 0 radical (unpaired) electrons. The van der Waals surface area contributed by atoms with Crippen LogP contribution in [0.3, 0.4) is 0 Å². The van der Waals surface area contributed by atoms with Crippen LogP contribution in [0.25, 0.3) is 5.76 Å². The van der Waals surface area contributed by atoms with E-state index in [1.807, 2.05) is 32.0 Å². The van der Waals surface area contributed by atoms with Crippen LogP contribution in [0, 0.1) is 13.8 Å². The summed E-state index contributed by atoms with van der Waals surface area (Å²) in [6.07, 6.45) is 3.13. The summed E-state index contributed by atoms with van der Waals surface area (Å²) in [6, 6.07) is 9.84. The zero-order chi connectivity index (χ0) is 26.1. The third kappa shape index (κ3) is 4.40. The Balaban J connectivity index is 1.94. The Labute approximate surface area is 218 Å². The van der Waals surface area contributed by atoms with E-state index in [0.29, 0.717) is 5.56 Å². The molecule has 2 heterocycles. The van der Waals surface area contributed by atoms with Crippen LogP contribution in [0.5, 0.6) is 11.5 Å². The molecule has 1 unspecified atom stereocenters. The van der Waals surface area contributed by atoms with Crippen LogP contribution in [0.1, 0.15) is 33.9 Å². The number of methoxy groups -OCH3 is 2. The lowest BCUT2D eigenvalue weighted by Crippen LogP contribution is -2.29. The molecule has 1 atom stereocenters. The number of carbonyl (C=O) groups excluding carboxylic acids is 2. The van der Waals surface area contributed by atoms with E-state index in [1.165, 1.54) is 25.2 Å². The minimum atomic E-state index is -0.878. The van der Waals surface area contributed by atoms with E-state index in [0.717, 1.165) is 16.7 Å². The van der Waals surface area contributed by atoms with Crippen LogP contribution in [0.4, 0.5) is 0 Å². The summed E-state index contributed by atoms with van der Waals surface area (Å²) < 4.78 is 10.7. The second-order valence-corrected chi connectivity index (χ2v) is 9.21. The van der Waals surface area contributed by atoms with E-state index in [2.05, 4.69) is 4.98 Å². The molecule has 0 aliphatic carbocycles. The van der Waals surface area contributed by atoms with Crippen LogP contribution in [-0.4, -0.2) is 40.9 Å². The molecule has 1 aliphatic heterocycles. The Morgan fingerprint density at radius 2 is 1.69 bits per heavy atom. The fourth-order valence-corrected chi connectivity index (χ4v) is 5.07. The molecule has 1 saturated heterocycles. The molecular formula is C27H24Cl2N2O5. The minimum absolute atomic E-state index is 0.0270. The lowest BCUT2D eigenvalue weighted by molar-refractivity contribution is -0.140. The summed E-state index contributed by atoms with van der Waals surface area (Å²) >= 11 is 12.8. The summed E-state index contributed by atoms with van der Waals surface area (Å²) in [4.78, 5) is 32.2. The van der Waals surface area contributed by atoms with Gasteiger partial charge < -0.3 is 19.5 Å². The van der Waals surface area contributed by atoms with Crippen LogP contribution in [0.2, 0.25) is 10.0 Å². The van der Waals surface area contributed by atoms with Gasteiger partial charge in [0.1, 0.15) is 10.8 Å². The average Bonchev–Trinajstić information content (AvgIpc) is 3.11. The van der Waals surface area contributed by atoms with Gasteiger partial charge in [0.05, 0.1) is 36.4 Å². The highest BCUT2D eigenvalue weighted by atomic mass is 35.5. The Hall–Kier alpha value is -3.55. The molecular weight excluding hydrogens is 503 g/mol. The molecule has 36 heavy (non-hydrogen) atoms. The van der Waals surface area contributed by atoms with Gasteiger partial charge in [0.25, 0.3) is 11.7 Å². The van der Waals surface area contributed by atoms with E-state index >= 15 is 0 Å². The highest BCUT2D eigenvalue weighted by Gasteiger charge is 2.46. The Morgan fingerprint density at radius 3 is 2.33 bits per heavy atom. The number of aliphatic hydroxyl groups is 1. The van der Waals surface area contributed by atoms with Gasteiger partial charge in [0, 0.05) is 18.9 Å². The number of ether oxygens (including phenoxy) is 2. The molecule has 1 N–H and O–H groups in total. The molecule has 9 heteroatoms. The molecule has 4 rings (SSSR count). The SMILES string of the molecule is COc1c(Cl)cc(/C(O)=C2\C(=O)C(=O)N(Cc3cc(C)ccc3C)C2c2ccncc2)c(OC)c1Cl. The molecule has 1 amide bonds. The number of amides is 1. The third-order valence-corrected chi connectivity index (χ3v) is 6.83. The van der Waals surface area contributed by atoms with E-state index < -0.39 is 23.5 Å². The van der Waals surface area contributed by atoms with Crippen molar-refractivity contribution in [1.82, 2.24) is 9.88 Å². The predicted octanol–water partition coefficient (Wildman–Crippen LogP) is 5.64. The number of aliphatic hydroxyl groups excluding tert-OH is 1. The zero-order valence-corrected chi connectivity index (χ0v) is 21.6. The van der Waals surface area contributed by atoms with Crippen molar-refractivity contribution in [2.24, 2.45) is 0 Å². The first-order valence-corrected chi connectivity index (χ1v) is 11.8. The van der Waals surface area contributed by atoms with Gasteiger partial charge in [-0.25, -0.2) is 0 Å². The van der Waals surface area contributed by atoms with E-state index in [1.54, 1.807) is 24.5 Å². The summed E-state index contributed by atoms with van der Waals surface area (Å²) in [7, 11) is 2.76. The van der Waals surface area contributed by atoms with Gasteiger partial charge >= 0.3 is 0 Å². The lowest BCUT2D eigenvalue weighted by Gasteiger charge is -2.26. The van der Waals surface area contributed by atoms with Crippen molar-refractivity contribution in [2.75, 3.05) is 14.2 Å². The highest BCUT2D eigenvalue weighted by Crippen LogP contribution is 2.47. The first kappa shape index (κ1) is 25.5. The minimum Gasteiger partial charge on any atom is -0.507 e. The Bertz CT molecular complexity index is 1390. The molecule has 0 bridgehead atoms. The fourth-order valence-electron chi connectivity index (χ4n) is 4.38.